The van der Waals surface area contributed by atoms with Crippen LogP contribution in [-0.4, -0.2) is 36.4 Å². The molecular weight excluding hydrogens is 248 g/mol. The largest absolute Gasteiger partial charge is 0.464 e. The number of carbonyl (C=O) groups excluding carboxylic acids is 2. The van der Waals surface area contributed by atoms with Crippen LogP contribution in [0.3, 0.4) is 0 Å². The smallest absolute Gasteiger partial charge is 0.315 e. The zero-order valence-corrected chi connectivity index (χ0v) is 12.7. The first-order valence-electron chi connectivity index (χ1n) is 6.47. The van der Waals surface area contributed by atoms with E-state index in [1.807, 2.05) is 27.7 Å². The number of carbonyl (C=O) groups is 2. The predicted octanol–water partition coefficient (Wildman–Crippen LogP) is 2.08. The van der Waals surface area contributed by atoms with Gasteiger partial charge in [0.2, 0.25) is 0 Å². The Kier molecular flexibility index (Phi) is 4.30. The second kappa shape index (κ2) is 5.12. The first kappa shape index (κ1) is 16.0. The molecule has 0 atom stereocenters. The Morgan fingerprint density at radius 2 is 1.26 bits per heavy atom. The van der Waals surface area contributed by atoms with E-state index in [1.165, 1.54) is 0 Å². The molecule has 3 rings (SSSR count). The fourth-order valence-corrected chi connectivity index (χ4v) is 1.21. The molecule has 19 heavy (non-hydrogen) atoms. The van der Waals surface area contributed by atoms with Gasteiger partial charge in [0.1, 0.15) is 12.2 Å². The Hall–Kier alpha value is -1.10. The van der Waals surface area contributed by atoms with Gasteiger partial charge in [-0.1, -0.05) is 0 Å². The second-order valence-corrected chi connectivity index (χ2v) is 6.92. The number of hydrogen-bond donors (Lipinski definition) is 0. The van der Waals surface area contributed by atoms with Gasteiger partial charge in [-0.2, -0.15) is 0 Å². The number of cyclic esters (lactones) is 2. The molecule has 0 saturated carbocycles. The van der Waals surface area contributed by atoms with Crippen LogP contribution in [0.2, 0.25) is 0 Å². The van der Waals surface area contributed by atoms with E-state index >= 15 is 0 Å². The minimum absolute atomic E-state index is 0.0764. The molecule has 0 aliphatic carbocycles. The molecule has 3 heterocycles. The molecule has 3 fully saturated rings. The normalized spacial score (nSPS) is 26.8. The van der Waals surface area contributed by atoms with Crippen LogP contribution in [0.15, 0.2) is 0 Å². The monoisotopic (exact) mass is 272 g/mol. The van der Waals surface area contributed by atoms with Crippen molar-refractivity contribution in [2.24, 2.45) is 5.41 Å². The van der Waals surface area contributed by atoms with Gasteiger partial charge in [0.05, 0.1) is 24.0 Å². The molecule has 0 N–H and O–H groups in total. The highest BCUT2D eigenvalue weighted by Crippen LogP contribution is 2.26. The summed E-state index contributed by atoms with van der Waals surface area (Å²) >= 11 is 0. The van der Waals surface area contributed by atoms with Gasteiger partial charge in [-0.25, -0.2) is 0 Å². The molecule has 0 radical (unpaired) electrons. The molecule has 5 heteroatoms. The lowest BCUT2D eigenvalue weighted by Crippen LogP contribution is -2.42. The SMILES string of the molecule is CC1(C)CC(=O)O1.CC1(C)CO1.CC1(C)COC1=O. The van der Waals surface area contributed by atoms with Crippen LogP contribution in [0.5, 0.6) is 0 Å². The summed E-state index contributed by atoms with van der Waals surface area (Å²) in [5.74, 6) is -0.155. The standard InChI is InChI=1S/2C5H8O2.C4H8O/c1-5(2)3-7-4(5)6;1-5(2)3-4(6)7-5;1-4(2)3-5-4/h2*3H2,1-2H3;3H2,1-2H3. The minimum Gasteiger partial charge on any atom is -0.464 e. The van der Waals surface area contributed by atoms with Crippen molar-refractivity contribution < 1.29 is 23.8 Å². The summed E-state index contributed by atoms with van der Waals surface area (Å²) in [5.41, 5.74) is -0.0862. The highest BCUT2D eigenvalue weighted by Gasteiger charge is 2.39. The Morgan fingerprint density at radius 3 is 1.26 bits per heavy atom. The van der Waals surface area contributed by atoms with E-state index < -0.39 is 0 Å². The minimum atomic E-state index is -0.181. The van der Waals surface area contributed by atoms with Gasteiger partial charge in [-0.15, -0.1) is 0 Å². The molecule has 3 aliphatic heterocycles. The van der Waals surface area contributed by atoms with Crippen molar-refractivity contribution in [1.29, 1.82) is 0 Å². The average molecular weight is 272 g/mol. The fourth-order valence-electron chi connectivity index (χ4n) is 1.21. The molecular formula is C14H24O5. The van der Waals surface area contributed by atoms with E-state index in [0.717, 1.165) is 6.61 Å². The maximum Gasteiger partial charge on any atom is 0.315 e. The summed E-state index contributed by atoms with van der Waals surface area (Å²) in [4.78, 5) is 20.4. The van der Waals surface area contributed by atoms with Crippen molar-refractivity contribution in [3.63, 3.8) is 0 Å². The molecule has 0 amide bonds. The van der Waals surface area contributed by atoms with Crippen molar-refractivity contribution >= 4 is 11.9 Å². The van der Waals surface area contributed by atoms with E-state index in [9.17, 15) is 9.59 Å². The van der Waals surface area contributed by atoms with Crippen LogP contribution < -0.4 is 0 Å². The van der Waals surface area contributed by atoms with Gasteiger partial charge < -0.3 is 14.2 Å². The Labute approximate surface area is 114 Å². The molecule has 0 aromatic rings. The van der Waals surface area contributed by atoms with Crippen LogP contribution in [0, 0.1) is 5.41 Å². The van der Waals surface area contributed by atoms with Gasteiger partial charge in [-0.3, -0.25) is 9.59 Å². The summed E-state index contributed by atoms with van der Waals surface area (Å²) in [7, 11) is 0. The summed E-state index contributed by atoms with van der Waals surface area (Å²) < 4.78 is 14.1. The Balaban J connectivity index is 0.000000145. The van der Waals surface area contributed by atoms with Crippen LogP contribution in [0.4, 0.5) is 0 Å². The first-order chi connectivity index (χ1) is 8.44. The van der Waals surface area contributed by atoms with Crippen LogP contribution in [0.1, 0.15) is 48.0 Å². The van der Waals surface area contributed by atoms with Gasteiger partial charge in [0, 0.05) is 0 Å². The van der Waals surface area contributed by atoms with E-state index in [1.54, 1.807) is 0 Å². The first-order valence-corrected chi connectivity index (χ1v) is 6.47. The molecule has 0 unspecified atom stereocenters. The number of hydrogen-bond acceptors (Lipinski definition) is 5. The van der Waals surface area contributed by atoms with E-state index in [2.05, 4.69) is 23.3 Å². The molecule has 3 aliphatic rings. The molecule has 110 valence electrons. The molecule has 0 bridgehead atoms. The summed E-state index contributed by atoms with van der Waals surface area (Å²) in [6.07, 6.45) is 0.576. The van der Waals surface area contributed by atoms with Gasteiger partial charge in [0.25, 0.3) is 0 Å². The van der Waals surface area contributed by atoms with Crippen LogP contribution >= 0.6 is 0 Å². The summed E-state index contributed by atoms with van der Waals surface area (Å²) in [5, 5.41) is 0. The third-order valence-electron chi connectivity index (χ3n) is 2.80. The van der Waals surface area contributed by atoms with Crippen molar-refractivity contribution in [3.8, 4) is 0 Å². The highest BCUT2D eigenvalue weighted by atomic mass is 16.6. The van der Waals surface area contributed by atoms with E-state index in [4.69, 9.17) is 4.74 Å². The lowest BCUT2D eigenvalue weighted by Gasteiger charge is -2.32. The van der Waals surface area contributed by atoms with E-state index in [0.29, 0.717) is 13.0 Å². The average Bonchev–Trinajstić information content (AvgIpc) is 2.91. The highest BCUT2D eigenvalue weighted by molar-refractivity contribution is 5.80. The topological polar surface area (TPSA) is 65.1 Å². The second-order valence-electron chi connectivity index (χ2n) is 6.92. The predicted molar refractivity (Wildman–Crippen MR) is 69.6 cm³/mol. The Morgan fingerprint density at radius 1 is 0.895 bits per heavy atom. The fraction of sp³-hybridized carbons (Fsp3) is 0.857. The number of rotatable bonds is 0. The van der Waals surface area contributed by atoms with Crippen molar-refractivity contribution in [2.75, 3.05) is 13.2 Å². The quantitative estimate of drug-likeness (QED) is 0.499. The summed E-state index contributed by atoms with van der Waals surface area (Å²) in [6.45, 7) is 13.2. The van der Waals surface area contributed by atoms with Gasteiger partial charge in [-0.05, 0) is 41.5 Å². The van der Waals surface area contributed by atoms with Gasteiger partial charge >= 0.3 is 11.9 Å². The van der Waals surface area contributed by atoms with E-state index in [-0.39, 0.29) is 28.6 Å². The third-order valence-corrected chi connectivity index (χ3v) is 2.80. The van der Waals surface area contributed by atoms with Crippen LogP contribution in [0.25, 0.3) is 0 Å². The molecule has 0 spiro atoms. The number of ether oxygens (including phenoxy) is 3. The molecule has 0 aromatic carbocycles. The van der Waals surface area contributed by atoms with Crippen LogP contribution in [-0.2, 0) is 23.8 Å². The zero-order valence-electron chi connectivity index (χ0n) is 12.7. The lowest BCUT2D eigenvalue weighted by atomic mass is 9.91. The Bertz CT molecular complexity index is 352. The maximum atomic E-state index is 10.3. The number of esters is 2. The molecule has 3 saturated heterocycles. The number of epoxide rings is 1. The lowest BCUT2D eigenvalue weighted by molar-refractivity contribution is -0.184. The van der Waals surface area contributed by atoms with Crippen molar-refractivity contribution in [2.45, 2.75) is 59.2 Å². The third kappa shape index (κ3) is 5.59. The molecule has 0 aromatic heterocycles. The van der Waals surface area contributed by atoms with Gasteiger partial charge in [0.15, 0.2) is 0 Å². The van der Waals surface area contributed by atoms with Crippen molar-refractivity contribution in [3.05, 3.63) is 0 Å². The molecule has 5 nitrogen and oxygen atoms in total. The zero-order chi connectivity index (χ0) is 14.9. The van der Waals surface area contributed by atoms with Crippen molar-refractivity contribution in [1.82, 2.24) is 0 Å². The maximum absolute atomic E-state index is 10.3. The summed E-state index contributed by atoms with van der Waals surface area (Å²) in [6, 6.07) is 0.